The smallest absolute Gasteiger partial charge is 0.0995 e. The fourth-order valence-electron chi connectivity index (χ4n) is 1.84. The molecule has 0 aromatic heterocycles. The Morgan fingerprint density at radius 2 is 1.78 bits per heavy atom. The highest BCUT2D eigenvalue weighted by atomic mass is 15.1. The Morgan fingerprint density at radius 1 is 1.17 bits per heavy atom. The third-order valence-electron chi connectivity index (χ3n) is 3.00. The lowest BCUT2D eigenvalue weighted by Gasteiger charge is -2.24. The highest BCUT2D eigenvalue weighted by molar-refractivity contribution is 5.84. The van der Waals surface area contributed by atoms with Gasteiger partial charge in [0.15, 0.2) is 0 Å². The van der Waals surface area contributed by atoms with E-state index < -0.39 is 0 Å². The van der Waals surface area contributed by atoms with Crippen molar-refractivity contribution in [1.29, 1.82) is 5.41 Å². The molecular formula is C14H24N4. The van der Waals surface area contributed by atoms with E-state index in [-0.39, 0.29) is 11.8 Å². The van der Waals surface area contributed by atoms with Gasteiger partial charge in [-0.1, -0.05) is 30.3 Å². The van der Waals surface area contributed by atoms with E-state index in [2.05, 4.69) is 30.9 Å². The predicted molar refractivity (Wildman–Crippen MR) is 77.1 cm³/mol. The molecule has 4 nitrogen and oxygen atoms in total. The summed E-state index contributed by atoms with van der Waals surface area (Å²) in [6.45, 7) is 2.77. The number of hydrogen-bond acceptors (Lipinski definition) is 3. The highest BCUT2D eigenvalue weighted by Crippen LogP contribution is 2.16. The fraction of sp³-hybridized carbons (Fsp3) is 0.500. The van der Waals surface area contributed by atoms with Gasteiger partial charge >= 0.3 is 0 Å². The summed E-state index contributed by atoms with van der Waals surface area (Å²) in [4.78, 5) is 4.38. The van der Waals surface area contributed by atoms with Crippen molar-refractivity contribution >= 4 is 5.84 Å². The summed E-state index contributed by atoms with van der Waals surface area (Å²) in [5.74, 6) is 0.219. The molecule has 0 bridgehead atoms. The monoisotopic (exact) mass is 248 g/mol. The van der Waals surface area contributed by atoms with Gasteiger partial charge in [0.1, 0.15) is 0 Å². The lowest BCUT2D eigenvalue weighted by atomic mass is 9.97. The molecule has 100 valence electrons. The van der Waals surface area contributed by atoms with Crippen molar-refractivity contribution in [2.45, 2.75) is 5.92 Å². The van der Waals surface area contributed by atoms with Gasteiger partial charge in [-0.3, -0.25) is 5.41 Å². The van der Waals surface area contributed by atoms with Gasteiger partial charge < -0.3 is 15.5 Å². The first-order valence-corrected chi connectivity index (χ1v) is 6.23. The number of hydrogen-bond donors (Lipinski definition) is 2. The topological polar surface area (TPSA) is 56.4 Å². The van der Waals surface area contributed by atoms with Gasteiger partial charge in [-0.25, -0.2) is 0 Å². The van der Waals surface area contributed by atoms with Gasteiger partial charge in [0.2, 0.25) is 0 Å². The van der Waals surface area contributed by atoms with Crippen LogP contribution in [0, 0.1) is 5.41 Å². The molecule has 18 heavy (non-hydrogen) atoms. The van der Waals surface area contributed by atoms with E-state index >= 15 is 0 Å². The zero-order valence-electron chi connectivity index (χ0n) is 11.6. The molecule has 1 unspecified atom stereocenters. The summed E-state index contributed by atoms with van der Waals surface area (Å²) in [5, 5.41) is 7.74. The van der Waals surface area contributed by atoms with Crippen molar-refractivity contribution in [3.8, 4) is 0 Å². The second-order valence-corrected chi connectivity index (χ2v) is 4.98. The summed E-state index contributed by atoms with van der Waals surface area (Å²) in [7, 11) is 6.20. The third kappa shape index (κ3) is 4.85. The van der Waals surface area contributed by atoms with E-state index in [9.17, 15) is 0 Å². The van der Waals surface area contributed by atoms with Crippen LogP contribution in [0.25, 0.3) is 0 Å². The maximum Gasteiger partial charge on any atom is 0.0995 e. The normalized spacial score (nSPS) is 12.9. The molecule has 1 aromatic rings. The molecule has 3 N–H and O–H groups in total. The first-order chi connectivity index (χ1) is 8.50. The molecule has 0 aliphatic heterocycles. The van der Waals surface area contributed by atoms with Crippen LogP contribution in [0.4, 0.5) is 0 Å². The van der Waals surface area contributed by atoms with Crippen LogP contribution in [0.1, 0.15) is 11.5 Å². The van der Waals surface area contributed by atoms with Crippen LogP contribution in [-0.4, -0.2) is 56.4 Å². The first kappa shape index (κ1) is 14.7. The quantitative estimate of drug-likeness (QED) is 0.563. The van der Waals surface area contributed by atoms with Crippen molar-refractivity contribution in [3.05, 3.63) is 35.9 Å². The van der Waals surface area contributed by atoms with Crippen LogP contribution in [-0.2, 0) is 0 Å². The van der Waals surface area contributed by atoms with Crippen LogP contribution in [0.3, 0.4) is 0 Å². The van der Waals surface area contributed by atoms with E-state index in [4.69, 9.17) is 11.1 Å². The molecule has 1 aromatic carbocycles. The van der Waals surface area contributed by atoms with Crippen molar-refractivity contribution < 1.29 is 0 Å². The molecule has 0 fully saturated rings. The maximum absolute atomic E-state index is 7.74. The molecule has 0 saturated carbocycles. The van der Waals surface area contributed by atoms with Crippen LogP contribution in [0.15, 0.2) is 30.3 Å². The number of nitrogens with zero attached hydrogens (tertiary/aromatic N) is 2. The minimum absolute atomic E-state index is 0.0154. The Kier molecular flexibility index (Phi) is 5.82. The molecule has 0 aliphatic rings. The van der Waals surface area contributed by atoms with Crippen LogP contribution in [0.2, 0.25) is 0 Å². The van der Waals surface area contributed by atoms with Crippen LogP contribution >= 0.6 is 0 Å². The van der Waals surface area contributed by atoms with Crippen molar-refractivity contribution in [3.63, 3.8) is 0 Å². The molecule has 1 atom stereocenters. The van der Waals surface area contributed by atoms with Crippen molar-refractivity contribution in [1.82, 2.24) is 9.80 Å². The van der Waals surface area contributed by atoms with E-state index in [1.807, 2.05) is 30.3 Å². The van der Waals surface area contributed by atoms with Gasteiger partial charge in [0.05, 0.1) is 11.8 Å². The number of nitrogens with two attached hydrogens (primary N) is 1. The predicted octanol–water partition coefficient (Wildman–Crippen LogP) is 1.20. The van der Waals surface area contributed by atoms with Gasteiger partial charge in [-0.15, -0.1) is 0 Å². The van der Waals surface area contributed by atoms with Crippen LogP contribution < -0.4 is 5.73 Å². The Bertz CT molecular complexity index is 361. The number of amidine groups is 1. The Hall–Kier alpha value is -1.39. The molecular weight excluding hydrogens is 224 g/mol. The third-order valence-corrected chi connectivity index (χ3v) is 3.00. The summed E-state index contributed by atoms with van der Waals surface area (Å²) in [6.07, 6.45) is 0. The van der Waals surface area contributed by atoms with E-state index in [1.54, 1.807) is 0 Å². The number of rotatable bonds is 7. The highest BCUT2D eigenvalue weighted by Gasteiger charge is 2.16. The first-order valence-electron chi connectivity index (χ1n) is 6.23. The number of benzene rings is 1. The Labute approximate surface area is 110 Å². The van der Waals surface area contributed by atoms with Crippen molar-refractivity contribution in [2.75, 3.05) is 40.8 Å². The van der Waals surface area contributed by atoms with Gasteiger partial charge in [0.25, 0.3) is 0 Å². The molecule has 0 saturated heterocycles. The summed E-state index contributed by atoms with van der Waals surface area (Å²) in [5.41, 5.74) is 6.83. The minimum atomic E-state index is -0.0154. The molecule has 0 aliphatic carbocycles. The average molecular weight is 248 g/mol. The Morgan fingerprint density at radius 3 is 2.28 bits per heavy atom. The zero-order chi connectivity index (χ0) is 13.5. The zero-order valence-corrected chi connectivity index (χ0v) is 11.6. The number of likely N-dealkylation sites (N-methyl/N-ethyl adjacent to an activating group) is 2. The lowest BCUT2D eigenvalue weighted by Crippen LogP contribution is -2.35. The number of nitrogens with one attached hydrogen (secondary N) is 1. The largest absolute Gasteiger partial charge is 0.387 e. The Balaban J connectivity index is 2.62. The molecule has 4 heteroatoms. The molecule has 0 heterocycles. The second kappa shape index (κ2) is 7.13. The van der Waals surface area contributed by atoms with Gasteiger partial charge in [0, 0.05) is 19.6 Å². The minimum Gasteiger partial charge on any atom is -0.387 e. The molecule has 0 spiro atoms. The summed E-state index contributed by atoms with van der Waals surface area (Å²) in [6, 6.07) is 10.0. The van der Waals surface area contributed by atoms with E-state index in [1.165, 1.54) is 0 Å². The molecule has 1 rings (SSSR count). The molecule has 0 radical (unpaired) electrons. The van der Waals surface area contributed by atoms with E-state index in [0.717, 1.165) is 25.2 Å². The fourth-order valence-corrected chi connectivity index (χ4v) is 1.84. The van der Waals surface area contributed by atoms with Gasteiger partial charge in [-0.05, 0) is 26.7 Å². The maximum atomic E-state index is 7.74. The SMILES string of the molecule is CN(C)CCN(C)CC(C(=N)N)c1ccccc1. The molecule has 0 amide bonds. The summed E-state index contributed by atoms with van der Waals surface area (Å²) >= 11 is 0. The van der Waals surface area contributed by atoms with E-state index in [0.29, 0.717) is 0 Å². The lowest BCUT2D eigenvalue weighted by molar-refractivity contribution is 0.280. The van der Waals surface area contributed by atoms with Gasteiger partial charge in [-0.2, -0.15) is 0 Å². The van der Waals surface area contributed by atoms with Crippen LogP contribution in [0.5, 0.6) is 0 Å². The summed E-state index contributed by atoms with van der Waals surface area (Å²) < 4.78 is 0. The average Bonchev–Trinajstić information content (AvgIpc) is 2.34. The van der Waals surface area contributed by atoms with Crippen molar-refractivity contribution in [2.24, 2.45) is 5.73 Å². The standard InChI is InChI=1S/C14H24N4/c1-17(2)9-10-18(3)11-13(14(15)16)12-7-5-4-6-8-12/h4-8,13H,9-11H2,1-3H3,(H3,15,16). The second-order valence-electron chi connectivity index (χ2n) is 4.98.